The van der Waals surface area contributed by atoms with Crippen LogP contribution < -0.4 is 5.32 Å². The molecule has 0 aliphatic rings. The molecule has 0 saturated carbocycles. The van der Waals surface area contributed by atoms with Crippen molar-refractivity contribution in [3.63, 3.8) is 0 Å². The van der Waals surface area contributed by atoms with E-state index < -0.39 is 0 Å². The number of likely N-dealkylation sites (N-methyl/N-ethyl adjacent to an activating group) is 1. The maximum Gasteiger partial charge on any atom is 0.0593 e. The summed E-state index contributed by atoms with van der Waals surface area (Å²) in [5.74, 6) is 0. The molecule has 1 N–H and O–H groups in total. The van der Waals surface area contributed by atoms with E-state index >= 15 is 0 Å². The minimum Gasteiger partial charge on any atom is -0.380 e. The molecule has 3 nitrogen and oxygen atoms in total. The third kappa shape index (κ3) is 11.9. The summed E-state index contributed by atoms with van der Waals surface area (Å²) >= 11 is 0. The molecule has 86 valence electrons. The number of hydrogen-bond acceptors (Lipinski definition) is 3. The van der Waals surface area contributed by atoms with Crippen molar-refractivity contribution in [1.82, 2.24) is 10.2 Å². The third-order valence-corrected chi connectivity index (χ3v) is 2.00. The molecular formula is C11H26N2O. The van der Waals surface area contributed by atoms with Crippen LogP contribution in [0.2, 0.25) is 0 Å². The van der Waals surface area contributed by atoms with Crippen LogP contribution in [0.25, 0.3) is 0 Å². The molecule has 0 aromatic rings. The van der Waals surface area contributed by atoms with Gasteiger partial charge in [0.15, 0.2) is 0 Å². The number of nitrogens with one attached hydrogen (secondary N) is 1. The quantitative estimate of drug-likeness (QED) is 0.541. The number of unbranched alkanes of at least 4 members (excludes halogenated alkanes) is 1. The summed E-state index contributed by atoms with van der Waals surface area (Å²) in [6.07, 6.45) is 3.62. The fourth-order valence-electron chi connectivity index (χ4n) is 1.11. The maximum absolute atomic E-state index is 5.48. The van der Waals surface area contributed by atoms with Gasteiger partial charge in [0.05, 0.1) is 6.61 Å². The first-order valence-corrected chi connectivity index (χ1v) is 5.70. The Morgan fingerprint density at radius 1 is 1.07 bits per heavy atom. The SMILES string of the molecule is CCCNCCCCOCCN(C)C. The lowest BCUT2D eigenvalue weighted by Crippen LogP contribution is -2.19. The summed E-state index contributed by atoms with van der Waals surface area (Å²) in [6.45, 7) is 7.24. The molecule has 0 amide bonds. The lowest BCUT2D eigenvalue weighted by Gasteiger charge is -2.09. The first-order valence-electron chi connectivity index (χ1n) is 5.70. The number of nitrogens with zero attached hydrogens (tertiary/aromatic N) is 1. The summed E-state index contributed by atoms with van der Waals surface area (Å²) in [7, 11) is 4.13. The van der Waals surface area contributed by atoms with Gasteiger partial charge in [-0.15, -0.1) is 0 Å². The lowest BCUT2D eigenvalue weighted by atomic mass is 10.3. The smallest absolute Gasteiger partial charge is 0.0593 e. The van der Waals surface area contributed by atoms with Gasteiger partial charge in [-0.2, -0.15) is 0 Å². The second-order valence-electron chi connectivity index (χ2n) is 3.87. The lowest BCUT2D eigenvalue weighted by molar-refractivity contribution is 0.114. The van der Waals surface area contributed by atoms with Gasteiger partial charge in [-0.25, -0.2) is 0 Å². The second-order valence-corrected chi connectivity index (χ2v) is 3.87. The van der Waals surface area contributed by atoms with Crippen molar-refractivity contribution in [3.8, 4) is 0 Å². The molecule has 0 rings (SSSR count). The topological polar surface area (TPSA) is 24.5 Å². The molecule has 0 unspecified atom stereocenters. The van der Waals surface area contributed by atoms with E-state index in [-0.39, 0.29) is 0 Å². The molecule has 0 heterocycles. The van der Waals surface area contributed by atoms with Crippen molar-refractivity contribution in [1.29, 1.82) is 0 Å². The first kappa shape index (κ1) is 13.9. The number of ether oxygens (including phenoxy) is 1. The summed E-state index contributed by atoms with van der Waals surface area (Å²) in [4.78, 5) is 2.14. The van der Waals surface area contributed by atoms with Gasteiger partial charge in [-0.1, -0.05) is 6.92 Å². The molecule has 0 aromatic heterocycles. The highest BCUT2D eigenvalue weighted by molar-refractivity contribution is 4.47. The number of hydrogen-bond donors (Lipinski definition) is 1. The van der Waals surface area contributed by atoms with Crippen LogP contribution >= 0.6 is 0 Å². The first-order chi connectivity index (χ1) is 6.77. The van der Waals surface area contributed by atoms with Gasteiger partial charge in [0.25, 0.3) is 0 Å². The molecule has 0 saturated heterocycles. The molecule has 3 heteroatoms. The Kier molecular flexibility index (Phi) is 10.9. The molecule has 0 radical (unpaired) electrons. The minimum absolute atomic E-state index is 0.857. The van der Waals surface area contributed by atoms with Crippen molar-refractivity contribution >= 4 is 0 Å². The minimum atomic E-state index is 0.857. The zero-order valence-corrected chi connectivity index (χ0v) is 10.0. The fraction of sp³-hybridized carbons (Fsp3) is 1.00. The van der Waals surface area contributed by atoms with E-state index in [1.54, 1.807) is 0 Å². The fourth-order valence-corrected chi connectivity index (χ4v) is 1.11. The van der Waals surface area contributed by atoms with Crippen LogP contribution in [-0.4, -0.2) is 51.8 Å². The van der Waals surface area contributed by atoms with E-state index in [0.717, 1.165) is 32.8 Å². The molecule has 0 bridgehead atoms. The monoisotopic (exact) mass is 202 g/mol. The molecular weight excluding hydrogens is 176 g/mol. The molecule has 0 aromatic carbocycles. The van der Waals surface area contributed by atoms with Crippen molar-refractivity contribution in [2.24, 2.45) is 0 Å². The highest BCUT2D eigenvalue weighted by Gasteiger charge is 1.91. The average Bonchev–Trinajstić information content (AvgIpc) is 2.15. The highest BCUT2D eigenvalue weighted by atomic mass is 16.5. The standard InChI is InChI=1S/C11H26N2O/c1-4-7-12-8-5-6-10-14-11-9-13(2)3/h12H,4-11H2,1-3H3. The molecule has 0 aliphatic carbocycles. The van der Waals surface area contributed by atoms with Gasteiger partial charge in [-0.3, -0.25) is 0 Å². The van der Waals surface area contributed by atoms with Gasteiger partial charge in [0.1, 0.15) is 0 Å². The Balaban J connectivity index is 2.85. The van der Waals surface area contributed by atoms with Crippen LogP contribution in [0.4, 0.5) is 0 Å². The van der Waals surface area contributed by atoms with E-state index in [1.165, 1.54) is 19.3 Å². The Morgan fingerprint density at radius 3 is 2.50 bits per heavy atom. The molecule has 14 heavy (non-hydrogen) atoms. The van der Waals surface area contributed by atoms with E-state index in [4.69, 9.17) is 4.74 Å². The predicted molar refractivity (Wildman–Crippen MR) is 61.8 cm³/mol. The zero-order valence-electron chi connectivity index (χ0n) is 10.0. The Hall–Kier alpha value is -0.120. The summed E-state index contributed by atoms with van der Waals surface area (Å²) in [5.41, 5.74) is 0. The van der Waals surface area contributed by atoms with E-state index in [1.807, 2.05) is 0 Å². The third-order valence-electron chi connectivity index (χ3n) is 2.00. The van der Waals surface area contributed by atoms with E-state index in [2.05, 4.69) is 31.2 Å². The highest BCUT2D eigenvalue weighted by Crippen LogP contribution is 1.89. The Morgan fingerprint density at radius 2 is 1.86 bits per heavy atom. The molecule has 0 aliphatic heterocycles. The largest absolute Gasteiger partial charge is 0.380 e. The van der Waals surface area contributed by atoms with Crippen LogP contribution in [0.1, 0.15) is 26.2 Å². The maximum atomic E-state index is 5.48. The Labute approximate surface area is 88.8 Å². The van der Waals surface area contributed by atoms with Crippen molar-refractivity contribution in [3.05, 3.63) is 0 Å². The molecule has 0 fully saturated rings. The van der Waals surface area contributed by atoms with Gasteiger partial charge in [-0.05, 0) is 46.4 Å². The van der Waals surface area contributed by atoms with E-state index in [9.17, 15) is 0 Å². The Bertz CT molecular complexity index is 107. The van der Waals surface area contributed by atoms with Crippen molar-refractivity contribution < 1.29 is 4.74 Å². The van der Waals surface area contributed by atoms with Gasteiger partial charge < -0.3 is 15.0 Å². The molecule has 0 atom stereocenters. The van der Waals surface area contributed by atoms with Gasteiger partial charge >= 0.3 is 0 Å². The zero-order chi connectivity index (χ0) is 10.6. The number of rotatable bonds is 10. The molecule has 0 spiro atoms. The van der Waals surface area contributed by atoms with Crippen LogP contribution in [0, 0.1) is 0 Å². The van der Waals surface area contributed by atoms with Crippen LogP contribution in [-0.2, 0) is 4.74 Å². The summed E-state index contributed by atoms with van der Waals surface area (Å²) in [5, 5.41) is 3.38. The predicted octanol–water partition coefficient (Wildman–Crippen LogP) is 1.34. The average molecular weight is 202 g/mol. The van der Waals surface area contributed by atoms with Gasteiger partial charge in [0.2, 0.25) is 0 Å². The van der Waals surface area contributed by atoms with Crippen LogP contribution in [0.3, 0.4) is 0 Å². The van der Waals surface area contributed by atoms with Crippen LogP contribution in [0.5, 0.6) is 0 Å². The summed E-state index contributed by atoms with van der Waals surface area (Å²) in [6, 6.07) is 0. The van der Waals surface area contributed by atoms with Crippen molar-refractivity contribution in [2.45, 2.75) is 26.2 Å². The normalized spacial score (nSPS) is 11.1. The van der Waals surface area contributed by atoms with Gasteiger partial charge in [0, 0.05) is 13.2 Å². The van der Waals surface area contributed by atoms with E-state index in [0.29, 0.717) is 0 Å². The van der Waals surface area contributed by atoms with Crippen LogP contribution in [0.15, 0.2) is 0 Å². The van der Waals surface area contributed by atoms with Crippen molar-refractivity contribution in [2.75, 3.05) is 46.9 Å². The summed E-state index contributed by atoms with van der Waals surface area (Å²) < 4.78 is 5.48. The second kappa shape index (κ2) is 11.0.